The zero-order chi connectivity index (χ0) is 20.2. The average molecular weight is 393 g/mol. The van der Waals surface area contributed by atoms with E-state index in [9.17, 15) is 9.59 Å². The van der Waals surface area contributed by atoms with Gasteiger partial charge in [0.05, 0.1) is 6.04 Å². The minimum atomic E-state index is -0.328. The number of carbonyl (C=O) groups is 2. The van der Waals surface area contributed by atoms with Gasteiger partial charge in [-0.05, 0) is 49.3 Å². The van der Waals surface area contributed by atoms with Gasteiger partial charge in [0.25, 0.3) is 0 Å². The Morgan fingerprint density at radius 1 is 1.07 bits per heavy atom. The molecule has 0 bridgehead atoms. The predicted molar refractivity (Wildman–Crippen MR) is 111 cm³/mol. The van der Waals surface area contributed by atoms with Gasteiger partial charge in [0.15, 0.2) is 0 Å². The Labute approximate surface area is 171 Å². The molecule has 2 aliphatic rings. The molecule has 152 valence electrons. The highest BCUT2D eigenvalue weighted by molar-refractivity contribution is 5.89. The summed E-state index contributed by atoms with van der Waals surface area (Å²) < 4.78 is 5.34. The molecule has 0 radical (unpaired) electrons. The van der Waals surface area contributed by atoms with Crippen LogP contribution in [0.5, 0.6) is 0 Å². The summed E-state index contributed by atoms with van der Waals surface area (Å²) in [6, 6.07) is 16.0. The van der Waals surface area contributed by atoms with Crippen LogP contribution in [0.15, 0.2) is 48.5 Å². The van der Waals surface area contributed by atoms with Crippen LogP contribution in [0, 0.1) is 5.92 Å². The van der Waals surface area contributed by atoms with Crippen molar-refractivity contribution in [2.45, 2.75) is 38.6 Å². The largest absolute Gasteiger partial charge is 0.447 e. The fourth-order valence-corrected chi connectivity index (χ4v) is 4.24. The Morgan fingerprint density at radius 3 is 2.55 bits per heavy atom. The Hall–Kier alpha value is -2.89. The van der Waals surface area contributed by atoms with Gasteiger partial charge in [-0.15, -0.1) is 0 Å². The molecule has 3 heterocycles. The van der Waals surface area contributed by atoms with E-state index in [0.29, 0.717) is 18.3 Å². The molecule has 1 aromatic heterocycles. The molecule has 6 heteroatoms. The van der Waals surface area contributed by atoms with Crippen molar-refractivity contribution in [2.24, 2.45) is 5.92 Å². The second-order valence-electron chi connectivity index (χ2n) is 7.93. The molecule has 2 saturated heterocycles. The van der Waals surface area contributed by atoms with Crippen molar-refractivity contribution in [1.82, 2.24) is 9.88 Å². The summed E-state index contributed by atoms with van der Waals surface area (Å²) in [4.78, 5) is 32.3. The van der Waals surface area contributed by atoms with E-state index >= 15 is 0 Å². The topological polar surface area (TPSA) is 62.7 Å². The third-order valence-corrected chi connectivity index (χ3v) is 5.87. The number of benzene rings is 1. The Bertz CT molecular complexity index is 863. The molecule has 0 aliphatic carbocycles. The quantitative estimate of drug-likeness (QED) is 0.781. The van der Waals surface area contributed by atoms with Crippen molar-refractivity contribution < 1.29 is 14.3 Å². The number of pyridine rings is 1. The Morgan fingerprint density at radius 2 is 1.83 bits per heavy atom. The first-order valence-electron chi connectivity index (χ1n) is 10.3. The fourth-order valence-electron chi connectivity index (χ4n) is 4.24. The van der Waals surface area contributed by atoms with Gasteiger partial charge >= 0.3 is 6.09 Å². The third-order valence-electron chi connectivity index (χ3n) is 5.87. The maximum Gasteiger partial charge on any atom is 0.415 e. The number of cyclic esters (lactones) is 1. The number of hydrogen-bond acceptors (Lipinski definition) is 4. The summed E-state index contributed by atoms with van der Waals surface area (Å²) in [7, 11) is 0. The van der Waals surface area contributed by atoms with E-state index in [-0.39, 0.29) is 18.0 Å². The van der Waals surface area contributed by atoms with E-state index in [4.69, 9.17) is 9.72 Å². The number of piperidine rings is 1. The standard InChI is InChI=1S/C23H27N3O3/c1-17(27)25-12-10-19(11-13-25)14-20-8-5-9-22(24-20)26-21(16-29-23(26)28)15-18-6-3-2-4-7-18/h2-9,19,21H,10-16H2,1H3/t21-/m0/s1. The Kier molecular flexibility index (Phi) is 5.79. The van der Waals surface area contributed by atoms with E-state index in [0.717, 1.165) is 44.5 Å². The van der Waals surface area contributed by atoms with E-state index in [1.807, 2.05) is 41.3 Å². The minimum absolute atomic E-state index is 0.0496. The summed E-state index contributed by atoms with van der Waals surface area (Å²) in [5, 5.41) is 0. The molecule has 2 fully saturated rings. The lowest BCUT2D eigenvalue weighted by Crippen LogP contribution is -2.37. The number of ether oxygens (including phenoxy) is 1. The molecule has 4 rings (SSSR count). The van der Waals surface area contributed by atoms with Crippen LogP contribution in [0.25, 0.3) is 0 Å². The number of nitrogens with zero attached hydrogens (tertiary/aromatic N) is 3. The molecular formula is C23H27N3O3. The molecule has 6 nitrogen and oxygen atoms in total. The van der Waals surface area contributed by atoms with Crippen LogP contribution in [0.2, 0.25) is 0 Å². The van der Waals surface area contributed by atoms with Gasteiger partial charge in [0.2, 0.25) is 5.91 Å². The first-order valence-corrected chi connectivity index (χ1v) is 10.3. The Balaban J connectivity index is 1.44. The normalized spacial score (nSPS) is 20.0. The molecule has 0 unspecified atom stereocenters. The van der Waals surface area contributed by atoms with Crippen LogP contribution >= 0.6 is 0 Å². The van der Waals surface area contributed by atoms with E-state index in [1.54, 1.807) is 11.8 Å². The average Bonchev–Trinajstić information content (AvgIpc) is 3.09. The maximum absolute atomic E-state index is 12.4. The second kappa shape index (κ2) is 8.64. The molecular weight excluding hydrogens is 366 g/mol. The molecule has 2 amide bonds. The van der Waals surface area contributed by atoms with Crippen LogP contribution in [0.1, 0.15) is 31.0 Å². The first kappa shape index (κ1) is 19.4. The number of amides is 2. The lowest BCUT2D eigenvalue weighted by Gasteiger charge is -2.31. The zero-order valence-electron chi connectivity index (χ0n) is 16.8. The third kappa shape index (κ3) is 4.58. The van der Waals surface area contributed by atoms with Gasteiger partial charge < -0.3 is 9.64 Å². The number of anilines is 1. The van der Waals surface area contributed by atoms with Gasteiger partial charge in [-0.25, -0.2) is 9.78 Å². The van der Waals surface area contributed by atoms with Gasteiger partial charge in [-0.1, -0.05) is 36.4 Å². The molecule has 29 heavy (non-hydrogen) atoms. The van der Waals surface area contributed by atoms with E-state index < -0.39 is 0 Å². The first-order chi connectivity index (χ1) is 14.1. The van der Waals surface area contributed by atoms with Gasteiger partial charge in [0, 0.05) is 25.7 Å². The van der Waals surface area contributed by atoms with Crippen molar-refractivity contribution in [1.29, 1.82) is 0 Å². The fraction of sp³-hybridized carbons (Fsp3) is 0.435. The van der Waals surface area contributed by atoms with E-state index in [1.165, 1.54) is 5.56 Å². The maximum atomic E-state index is 12.4. The minimum Gasteiger partial charge on any atom is -0.447 e. The number of aromatic nitrogens is 1. The van der Waals surface area contributed by atoms with Crippen LogP contribution in [-0.2, 0) is 22.4 Å². The molecule has 1 atom stereocenters. The zero-order valence-corrected chi connectivity index (χ0v) is 16.8. The van der Waals surface area contributed by atoms with Gasteiger partial charge in [-0.2, -0.15) is 0 Å². The highest BCUT2D eigenvalue weighted by Crippen LogP contribution is 2.26. The van der Waals surface area contributed by atoms with Crippen molar-refractivity contribution in [3.8, 4) is 0 Å². The van der Waals surface area contributed by atoms with E-state index in [2.05, 4.69) is 12.1 Å². The summed E-state index contributed by atoms with van der Waals surface area (Å²) in [6.07, 6.45) is 3.26. The molecule has 1 aromatic carbocycles. The van der Waals surface area contributed by atoms with Crippen LogP contribution in [-0.4, -0.2) is 47.6 Å². The van der Waals surface area contributed by atoms with Crippen LogP contribution < -0.4 is 4.90 Å². The second-order valence-corrected chi connectivity index (χ2v) is 7.93. The molecule has 2 aliphatic heterocycles. The summed E-state index contributed by atoms with van der Waals surface area (Å²) in [6.45, 7) is 3.64. The SMILES string of the molecule is CC(=O)N1CCC(Cc2cccc(N3C(=O)OC[C@@H]3Cc3ccccc3)n2)CC1. The van der Waals surface area contributed by atoms with Crippen molar-refractivity contribution in [3.63, 3.8) is 0 Å². The number of rotatable bonds is 5. The monoisotopic (exact) mass is 393 g/mol. The van der Waals surface area contributed by atoms with Crippen LogP contribution in [0.4, 0.5) is 10.6 Å². The highest BCUT2D eigenvalue weighted by Gasteiger charge is 2.35. The van der Waals surface area contributed by atoms with Crippen molar-refractivity contribution in [3.05, 3.63) is 59.8 Å². The summed E-state index contributed by atoms with van der Waals surface area (Å²) in [5.41, 5.74) is 2.16. The van der Waals surface area contributed by atoms with Gasteiger partial charge in [-0.3, -0.25) is 9.69 Å². The number of likely N-dealkylation sites (tertiary alicyclic amines) is 1. The lowest BCUT2D eigenvalue weighted by molar-refractivity contribution is -0.130. The molecule has 0 N–H and O–H groups in total. The molecule has 2 aromatic rings. The number of carbonyl (C=O) groups excluding carboxylic acids is 2. The number of hydrogen-bond donors (Lipinski definition) is 0. The smallest absolute Gasteiger partial charge is 0.415 e. The molecule has 0 saturated carbocycles. The molecule has 0 spiro atoms. The van der Waals surface area contributed by atoms with Crippen molar-refractivity contribution in [2.75, 3.05) is 24.6 Å². The predicted octanol–water partition coefficient (Wildman–Crippen LogP) is 3.45. The van der Waals surface area contributed by atoms with Gasteiger partial charge in [0.1, 0.15) is 12.4 Å². The summed E-state index contributed by atoms with van der Waals surface area (Å²) in [5.74, 6) is 1.33. The van der Waals surface area contributed by atoms with Crippen LogP contribution in [0.3, 0.4) is 0 Å². The van der Waals surface area contributed by atoms with Crippen molar-refractivity contribution >= 4 is 17.8 Å². The highest BCUT2D eigenvalue weighted by atomic mass is 16.6. The lowest BCUT2D eigenvalue weighted by atomic mass is 9.92. The summed E-state index contributed by atoms with van der Waals surface area (Å²) >= 11 is 0.